The summed E-state index contributed by atoms with van der Waals surface area (Å²) in [6.07, 6.45) is 4.25. The van der Waals surface area contributed by atoms with Crippen molar-refractivity contribution in [3.05, 3.63) is 29.1 Å². The van der Waals surface area contributed by atoms with Crippen LogP contribution >= 0.6 is 0 Å². The second kappa shape index (κ2) is 22.0. The molecule has 0 atom stereocenters. The highest BCUT2D eigenvalue weighted by Gasteiger charge is 2.28. The molecule has 0 saturated carbocycles. The van der Waals surface area contributed by atoms with E-state index in [1.54, 1.807) is 0 Å². The molecule has 0 N–H and O–H groups in total. The maximum atomic E-state index is 13.5. The van der Waals surface area contributed by atoms with Gasteiger partial charge in [-0.1, -0.05) is 26.2 Å². The van der Waals surface area contributed by atoms with Crippen molar-refractivity contribution in [3.63, 3.8) is 0 Å². The zero-order valence-electron chi connectivity index (χ0n) is 21.7. The summed E-state index contributed by atoms with van der Waals surface area (Å²) in [5, 5.41) is 0. The van der Waals surface area contributed by atoms with Gasteiger partial charge in [0.2, 0.25) is 34.8 Å². The van der Waals surface area contributed by atoms with E-state index in [-0.39, 0.29) is 19.8 Å². The highest BCUT2D eigenvalue weighted by molar-refractivity contribution is 5.72. The van der Waals surface area contributed by atoms with Crippen molar-refractivity contribution < 1.29 is 59.9 Å². The standard InChI is InChI=1S/C25H37F5O8/c1-2-3-4-5-7-32-9-11-34-13-15-36-17-18-37-16-14-35-12-10-33-8-6-19(31)38-25-23(29)21(27)20(26)22(28)24(25)30/h2-18H2,1H3. The number of carbonyl (C=O) groups excluding carboxylic acids is 1. The van der Waals surface area contributed by atoms with E-state index < -0.39 is 47.2 Å². The first kappa shape index (κ1) is 34.1. The number of hydrogen-bond donors (Lipinski definition) is 0. The minimum Gasteiger partial charge on any atom is -0.420 e. The molecule has 0 aliphatic heterocycles. The Morgan fingerprint density at radius 3 is 1.29 bits per heavy atom. The number of esters is 1. The SMILES string of the molecule is CCCCCCOCCOCCOCCOCCOCCOCCC(=O)Oc1c(F)c(F)c(F)c(F)c1F. The van der Waals surface area contributed by atoms with Crippen LogP contribution in [0.4, 0.5) is 22.0 Å². The molecule has 0 bridgehead atoms. The third-order valence-electron chi connectivity index (χ3n) is 4.84. The van der Waals surface area contributed by atoms with Gasteiger partial charge in [0.25, 0.3) is 0 Å². The van der Waals surface area contributed by atoms with Gasteiger partial charge in [-0.3, -0.25) is 4.79 Å². The van der Waals surface area contributed by atoms with E-state index >= 15 is 0 Å². The molecule has 0 aliphatic carbocycles. The first-order valence-corrected chi connectivity index (χ1v) is 12.6. The molecule has 0 fully saturated rings. The molecular formula is C25H37F5O8. The van der Waals surface area contributed by atoms with Crippen LogP contribution in [0.2, 0.25) is 0 Å². The predicted molar refractivity (Wildman–Crippen MR) is 126 cm³/mol. The summed E-state index contributed by atoms with van der Waals surface area (Å²) < 4.78 is 102. The lowest BCUT2D eigenvalue weighted by Gasteiger charge is -2.09. The smallest absolute Gasteiger partial charge is 0.313 e. The Labute approximate surface area is 219 Å². The molecule has 8 nitrogen and oxygen atoms in total. The van der Waals surface area contributed by atoms with Crippen molar-refractivity contribution in [2.45, 2.75) is 39.0 Å². The molecule has 0 spiro atoms. The maximum absolute atomic E-state index is 13.5. The summed E-state index contributed by atoms with van der Waals surface area (Å²) in [6.45, 7) is 6.53. The fourth-order valence-electron chi connectivity index (χ4n) is 2.83. The van der Waals surface area contributed by atoms with Crippen molar-refractivity contribution in [1.29, 1.82) is 0 Å². The van der Waals surface area contributed by atoms with Crippen LogP contribution in [0.3, 0.4) is 0 Å². The first-order chi connectivity index (χ1) is 18.4. The van der Waals surface area contributed by atoms with Gasteiger partial charge < -0.3 is 33.2 Å². The van der Waals surface area contributed by atoms with Gasteiger partial charge in [-0.15, -0.1) is 0 Å². The van der Waals surface area contributed by atoms with E-state index in [4.69, 9.17) is 28.4 Å². The summed E-state index contributed by atoms with van der Waals surface area (Å²) in [7, 11) is 0. The van der Waals surface area contributed by atoms with Crippen molar-refractivity contribution in [3.8, 4) is 5.75 Å². The van der Waals surface area contributed by atoms with Crippen LogP contribution in [0, 0.1) is 29.1 Å². The van der Waals surface area contributed by atoms with Crippen molar-refractivity contribution in [1.82, 2.24) is 0 Å². The van der Waals surface area contributed by atoms with E-state index in [2.05, 4.69) is 11.7 Å². The lowest BCUT2D eigenvalue weighted by molar-refractivity contribution is -0.136. The van der Waals surface area contributed by atoms with Crippen LogP contribution in [0.25, 0.3) is 0 Å². The highest BCUT2D eigenvalue weighted by Crippen LogP contribution is 2.29. The second-order valence-electron chi connectivity index (χ2n) is 7.86. The van der Waals surface area contributed by atoms with Crippen LogP contribution in [-0.2, 0) is 33.2 Å². The molecule has 13 heteroatoms. The third-order valence-corrected chi connectivity index (χ3v) is 4.84. The Kier molecular flexibility index (Phi) is 19.7. The molecule has 1 rings (SSSR count). The average molecular weight is 561 g/mol. The summed E-state index contributed by atoms with van der Waals surface area (Å²) in [5.41, 5.74) is 0. The summed E-state index contributed by atoms with van der Waals surface area (Å²) >= 11 is 0. The highest BCUT2D eigenvalue weighted by atomic mass is 19.2. The molecule has 0 heterocycles. The molecule has 0 radical (unpaired) electrons. The van der Waals surface area contributed by atoms with E-state index in [0.29, 0.717) is 52.9 Å². The fraction of sp³-hybridized carbons (Fsp3) is 0.720. The van der Waals surface area contributed by atoms with Crippen LogP contribution < -0.4 is 4.74 Å². The van der Waals surface area contributed by atoms with E-state index in [9.17, 15) is 26.7 Å². The number of ether oxygens (including phenoxy) is 7. The van der Waals surface area contributed by atoms with Crippen LogP contribution in [-0.4, -0.2) is 85.3 Å². The number of benzene rings is 1. The van der Waals surface area contributed by atoms with Gasteiger partial charge in [0.15, 0.2) is 0 Å². The molecule has 0 saturated heterocycles. The van der Waals surface area contributed by atoms with Gasteiger partial charge in [0.05, 0.1) is 79.1 Å². The Morgan fingerprint density at radius 2 is 0.868 bits per heavy atom. The zero-order valence-corrected chi connectivity index (χ0v) is 21.7. The van der Waals surface area contributed by atoms with Gasteiger partial charge in [-0.25, -0.2) is 13.2 Å². The number of carbonyl (C=O) groups is 1. The Hall–Kier alpha value is -1.90. The van der Waals surface area contributed by atoms with Crippen molar-refractivity contribution in [2.75, 3.05) is 79.3 Å². The van der Waals surface area contributed by atoms with Crippen molar-refractivity contribution >= 4 is 5.97 Å². The largest absolute Gasteiger partial charge is 0.420 e. The molecule has 0 aromatic heterocycles. The van der Waals surface area contributed by atoms with Gasteiger partial charge >= 0.3 is 5.97 Å². The molecular weight excluding hydrogens is 523 g/mol. The maximum Gasteiger partial charge on any atom is 0.313 e. The Balaban J connectivity index is 1.88. The number of hydrogen-bond acceptors (Lipinski definition) is 8. The van der Waals surface area contributed by atoms with Crippen molar-refractivity contribution in [2.24, 2.45) is 0 Å². The minimum atomic E-state index is -2.34. The molecule has 1 aromatic rings. The lowest BCUT2D eigenvalue weighted by atomic mass is 10.2. The second-order valence-corrected chi connectivity index (χ2v) is 7.86. The third kappa shape index (κ3) is 14.9. The molecule has 1 aromatic carbocycles. The molecule has 0 unspecified atom stereocenters. The van der Waals surface area contributed by atoms with Crippen LogP contribution in [0.5, 0.6) is 5.75 Å². The average Bonchev–Trinajstić information content (AvgIpc) is 2.91. The quantitative estimate of drug-likeness (QED) is 0.0461. The monoisotopic (exact) mass is 560 g/mol. The van der Waals surface area contributed by atoms with Crippen LogP contribution in [0.1, 0.15) is 39.0 Å². The van der Waals surface area contributed by atoms with E-state index in [0.717, 1.165) is 13.0 Å². The van der Waals surface area contributed by atoms with Gasteiger partial charge in [-0.2, -0.15) is 8.78 Å². The van der Waals surface area contributed by atoms with E-state index in [1.165, 1.54) is 19.3 Å². The fourth-order valence-corrected chi connectivity index (χ4v) is 2.83. The van der Waals surface area contributed by atoms with Gasteiger partial charge in [0.1, 0.15) is 0 Å². The normalized spacial score (nSPS) is 11.3. The van der Waals surface area contributed by atoms with Gasteiger partial charge in [-0.05, 0) is 6.42 Å². The number of unbranched alkanes of at least 4 members (excludes halogenated alkanes) is 3. The number of rotatable bonds is 24. The lowest BCUT2D eigenvalue weighted by Crippen LogP contribution is -2.16. The Morgan fingerprint density at radius 1 is 0.500 bits per heavy atom. The summed E-state index contributed by atoms with van der Waals surface area (Å²) in [5.74, 6) is -14.1. The number of halogens is 5. The zero-order chi connectivity index (χ0) is 28.0. The van der Waals surface area contributed by atoms with E-state index in [1.807, 2.05) is 0 Å². The Bertz CT molecular complexity index is 756. The topological polar surface area (TPSA) is 81.7 Å². The minimum absolute atomic E-state index is 0.100. The molecule has 38 heavy (non-hydrogen) atoms. The molecule has 220 valence electrons. The molecule has 0 aliphatic rings. The van der Waals surface area contributed by atoms with Gasteiger partial charge in [0, 0.05) is 6.61 Å². The first-order valence-electron chi connectivity index (χ1n) is 12.6. The molecule has 0 amide bonds. The van der Waals surface area contributed by atoms with Crippen LogP contribution in [0.15, 0.2) is 0 Å². The predicted octanol–water partition coefficient (Wildman–Crippen LogP) is 4.36. The summed E-state index contributed by atoms with van der Waals surface area (Å²) in [4.78, 5) is 11.6. The summed E-state index contributed by atoms with van der Waals surface area (Å²) in [6, 6.07) is 0.